The van der Waals surface area contributed by atoms with Gasteiger partial charge in [0.25, 0.3) is 0 Å². The van der Waals surface area contributed by atoms with E-state index in [9.17, 15) is 0 Å². The Morgan fingerprint density at radius 2 is 1.30 bits per heavy atom. The van der Waals surface area contributed by atoms with Crippen molar-refractivity contribution in [3.8, 4) is 0 Å². The van der Waals surface area contributed by atoms with Crippen molar-refractivity contribution in [2.75, 3.05) is 0 Å². The van der Waals surface area contributed by atoms with E-state index in [4.69, 9.17) is 0 Å². The molecule has 0 radical (unpaired) electrons. The Hall–Kier alpha value is -0.600. The van der Waals surface area contributed by atoms with Gasteiger partial charge in [-0.2, -0.15) is 0 Å². The molecule has 0 heterocycles. The third-order valence-electron chi connectivity index (χ3n) is 3.88. The first kappa shape index (κ1) is 15.8. The fourth-order valence-electron chi connectivity index (χ4n) is 2.69. The zero-order valence-electron chi connectivity index (χ0n) is 12.2. The molecule has 20 heavy (non-hydrogen) atoms. The molecule has 2 aromatic rings. The summed E-state index contributed by atoms with van der Waals surface area (Å²) < 4.78 is 2.28. The molecule has 2 rings (SSSR count). The molecule has 0 amide bonds. The third kappa shape index (κ3) is 3.95. The summed E-state index contributed by atoms with van der Waals surface area (Å²) in [5.41, 5.74) is 2.97. The van der Waals surface area contributed by atoms with Gasteiger partial charge in [-0.3, -0.25) is 0 Å². The van der Waals surface area contributed by atoms with Gasteiger partial charge in [-0.05, 0) is 53.1 Å². The Morgan fingerprint density at radius 1 is 0.850 bits per heavy atom. The van der Waals surface area contributed by atoms with Crippen molar-refractivity contribution in [2.24, 2.45) is 0 Å². The SMILES string of the molecule is CC(CC(C)(C)c1ccc(Br)cc1)c1ccc(Br)cc1. The smallest absolute Gasteiger partial charge is 0.0175 e. The van der Waals surface area contributed by atoms with Crippen molar-refractivity contribution >= 4 is 31.9 Å². The summed E-state index contributed by atoms with van der Waals surface area (Å²) in [5, 5.41) is 0. The molecule has 0 aliphatic rings. The van der Waals surface area contributed by atoms with E-state index in [-0.39, 0.29) is 5.41 Å². The molecular formula is C18H20Br2. The van der Waals surface area contributed by atoms with Crippen LogP contribution >= 0.6 is 31.9 Å². The summed E-state index contributed by atoms with van der Waals surface area (Å²) in [4.78, 5) is 0. The Bertz CT molecular complexity index is 553. The predicted molar refractivity (Wildman–Crippen MR) is 94.3 cm³/mol. The predicted octanol–water partition coefficient (Wildman–Crippen LogP) is 6.68. The van der Waals surface area contributed by atoms with Crippen LogP contribution in [0.15, 0.2) is 57.5 Å². The molecule has 1 unspecified atom stereocenters. The fourth-order valence-corrected chi connectivity index (χ4v) is 3.22. The lowest BCUT2D eigenvalue weighted by Gasteiger charge is -2.29. The van der Waals surface area contributed by atoms with Crippen LogP contribution in [0.25, 0.3) is 0 Å². The summed E-state index contributed by atoms with van der Waals surface area (Å²) in [5.74, 6) is 0.543. The first-order chi connectivity index (χ1) is 9.38. The average molecular weight is 396 g/mol. The molecule has 0 aliphatic heterocycles. The highest BCUT2D eigenvalue weighted by molar-refractivity contribution is 9.10. The average Bonchev–Trinajstić information content (AvgIpc) is 2.39. The van der Waals surface area contributed by atoms with Gasteiger partial charge in [0, 0.05) is 8.95 Å². The molecular weight excluding hydrogens is 376 g/mol. The number of hydrogen-bond acceptors (Lipinski definition) is 0. The van der Waals surface area contributed by atoms with Gasteiger partial charge in [-0.1, -0.05) is 76.9 Å². The maximum Gasteiger partial charge on any atom is 0.0175 e. The first-order valence-electron chi connectivity index (χ1n) is 6.90. The fraction of sp³-hybridized carbons (Fsp3) is 0.333. The van der Waals surface area contributed by atoms with Gasteiger partial charge < -0.3 is 0 Å². The zero-order valence-corrected chi connectivity index (χ0v) is 15.3. The van der Waals surface area contributed by atoms with Crippen molar-refractivity contribution < 1.29 is 0 Å². The molecule has 106 valence electrons. The number of rotatable bonds is 4. The van der Waals surface area contributed by atoms with E-state index >= 15 is 0 Å². The van der Waals surface area contributed by atoms with Crippen molar-refractivity contribution in [3.05, 3.63) is 68.6 Å². The molecule has 2 aromatic carbocycles. The molecule has 0 N–H and O–H groups in total. The summed E-state index contributed by atoms with van der Waals surface area (Å²) in [6.45, 7) is 6.96. The van der Waals surface area contributed by atoms with Gasteiger partial charge in [0.2, 0.25) is 0 Å². The minimum atomic E-state index is 0.174. The highest BCUT2D eigenvalue weighted by atomic mass is 79.9. The van der Waals surface area contributed by atoms with Gasteiger partial charge in [-0.15, -0.1) is 0 Å². The molecule has 0 spiro atoms. The summed E-state index contributed by atoms with van der Waals surface area (Å²) >= 11 is 7.00. The quantitative estimate of drug-likeness (QED) is 0.541. The topological polar surface area (TPSA) is 0 Å². The third-order valence-corrected chi connectivity index (χ3v) is 4.94. The first-order valence-corrected chi connectivity index (χ1v) is 8.48. The van der Waals surface area contributed by atoms with Crippen LogP contribution in [-0.4, -0.2) is 0 Å². The molecule has 0 fully saturated rings. The Labute approximate surface area is 138 Å². The molecule has 0 aromatic heterocycles. The van der Waals surface area contributed by atoms with Gasteiger partial charge in [-0.25, -0.2) is 0 Å². The van der Waals surface area contributed by atoms with Gasteiger partial charge in [0.15, 0.2) is 0 Å². The lowest BCUT2D eigenvalue weighted by atomic mass is 9.76. The van der Waals surface area contributed by atoms with Crippen LogP contribution in [0.5, 0.6) is 0 Å². The van der Waals surface area contributed by atoms with Crippen LogP contribution in [0.1, 0.15) is 44.2 Å². The molecule has 0 nitrogen and oxygen atoms in total. The van der Waals surface area contributed by atoms with Crippen LogP contribution in [0, 0.1) is 0 Å². The van der Waals surface area contributed by atoms with Gasteiger partial charge >= 0.3 is 0 Å². The van der Waals surface area contributed by atoms with Crippen molar-refractivity contribution in [3.63, 3.8) is 0 Å². The highest BCUT2D eigenvalue weighted by Crippen LogP contribution is 2.35. The van der Waals surface area contributed by atoms with Crippen LogP contribution in [0.4, 0.5) is 0 Å². The van der Waals surface area contributed by atoms with E-state index in [0.29, 0.717) is 5.92 Å². The monoisotopic (exact) mass is 394 g/mol. The second-order valence-electron chi connectivity index (χ2n) is 6.05. The lowest BCUT2D eigenvalue weighted by molar-refractivity contribution is 0.438. The molecule has 1 atom stereocenters. The lowest BCUT2D eigenvalue weighted by Crippen LogP contribution is -2.19. The van der Waals surface area contributed by atoms with E-state index in [1.54, 1.807) is 0 Å². The maximum atomic E-state index is 3.50. The van der Waals surface area contributed by atoms with Gasteiger partial charge in [0.05, 0.1) is 0 Å². The molecule has 0 bridgehead atoms. The van der Waals surface area contributed by atoms with E-state index in [1.807, 2.05) is 0 Å². The van der Waals surface area contributed by atoms with Crippen LogP contribution in [0.2, 0.25) is 0 Å². The minimum absolute atomic E-state index is 0.174. The number of benzene rings is 2. The standard InChI is InChI=1S/C18H20Br2/c1-13(14-4-8-16(19)9-5-14)12-18(2,3)15-6-10-17(20)11-7-15/h4-11,13H,12H2,1-3H3. The largest absolute Gasteiger partial charge is 0.0584 e. The van der Waals surface area contributed by atoms with Crippen molar-refractivity contribution in [1.82, 2.24) is 0 Å². The molecule has 0 saturated carbocycles. The van der Waals surface area contributed by atoms with Crippen molar-refractivity contribution in [1.29, 1.82) is 0 Å². The van der Waals surface area contributed by atoms with E-state index in [1.165, 1.54) is 11.1 Å². The Balaban J connectivity index is 2.14. The van der Waals surface area contributed by atoms with Crippen LogP contribution < -0.4 is 0 Å². The molecule has 0 aliphatic carbocycles. The van der Waals surface area contributed by atoms with Crippen LogP contribution in [-0.2, 0) is 5.41 Å². The molecule has 0 saturated heterocycles. The Kier molecular flexibility index (Phi) is 5.09. The van der Waals surface area contributed by atoms with E-state index in [2.05, 4.69) is 101 Å². The van der Waals surface area contributed by atoms with Crippen molar-refractivity contribution in [2.45, 2.75) is 38.5 Å². The summed E-state index contributed by atoms with van der Waals surface area (Å²) in [6, 6.07) is 17.4. The number of hydrogen-bond donors (Lipinski definition) is 0. The normalized spacial score (nSPS) is 13.2. The molecule has 2 heteroatoms. The van der Waals surface area contributed by atoms with Crippen LogP contribution in [0.3, 0.4) is 0 Å². The second-order valence-corrected chi connectivity index (χ2v) is 7.88. The zero-order chi connectivity index (χ0) is 14.8. The van der Waals surface area contributed by atoms with E-state index in [0.717, 1.165) is 15.4 Å². The van der Waals surface area contributed by atoms with Gasteiger partial charge in [0.1, 0.15) is 0 Å². The van der Waals surface area contributed by atoms with E-state index < -0.39 is 0 Å². The minimum Gasteiger partial charge on any atom is -0.0584 e. The maximum absolute atomic E-state index is 3.50. The number of halogens is 2. The Morgan fingerprint density at radius 3 is 1.80 bits per heavy atom. The highest BCUT2D eigenvalue weighted by Gasteiger charge is 2.24. The second kappa shape index (κ2) is 6.44. The summed E-state index contributed by atoms with van der Waals surface area (Å²) in [6.07, 6.45) is 1.14. The summed E-state index contributed by atoms with van der Waals surface area (Å²) in [7, 11) is 0.